The topological polar surface area (TPSA) is 75.2 Å². The lowest BCUT2D eigenvalue weighted by Crippen LogP contribution is -2.52. The van der Waals surface area contributed by atoms with Crippen molar-refractivity contribution in [3.63, 3.8) is 0 Å². The Hall–Kier alpha value is -1.05. The molecule has 0 aromatic carbocycles. The summed E-state index contributed by atoms with van der Waals surface area (Å²) >= 11 is 0. The monoisotopic (exact) mass is 270 g/mol. The number of hydrogen-bond acceptors (Lipinski definition) is 5. The molecule has 1 aliphatic rings. The molecule has 0 saturated carbocycles. The highest BCUT2D eigenvalue weighted by atomic mass is 32.2. The highest BCUT2D eigenvalue weighted by Crippen LogP contribution is 2.16. The first-order valence-corrected chi connectivity index (χ1v) is 7.40. The lowest BCUT2D eigenvalue weighted by atomic mass is 10.3. The number of piperazine rings is 1. The van der Waals surface area contributed by atoms with E-state index in [0.29, 0.717) is 31.0 Å². The van der Waals surface area contributed by atoms with E-state index in [9.17, 15) is 8.42 Å². The van der Waals surface area contributed by atoms with Gasteiger partial charge in [0.25, 0.3) is 15.2 Å². The molecule has 1 aliphatic heterocycles. The van der Waals surface area contributed by atoms with Crippen LogP contribution in [0.25, 0.3) is 0 Å². The predicted octanol–water partition coefficient (Wildman–Crippen LogP) is 0.0758. The summed E-state index contributed by atoms with van der Waals surface area (Å²) < 4.78 is 26.4. The van der Waals surface area contributed by atoms with Crippen LogP contribution in [-0.2, 0) is 10.0 Å². The second-order valence-electron chi connectivity index (χ2n) is 4.60. The van der Waals surface area contributed by atoms with E-state index >= 15 is 0 Å². The predicted molar refractivity (Wildman–Crippen MR) is 67.7 cm³/mol. The van der Waals surface area contributed by atoms with Crippen LogP contribution in [0.1, 0.15) is 18.3 Å². The summed E-state index contributed by atoms with van der Waals surface area (Å²) in [6.07, 6.45) is 0. The summed E-state index contributed by atoms with van der Waals surface area (Å²) in [5.74, 6) is 0. The molecule has 7 heteroatoms. The summed E-state index contributed by atoms with van der Waals surface area (Å²) in [7, 11) is -3.59. The van der Waals surface area contributed by atoms with Crippen molar-refractivity contribution in [1.82, 2.24) is 19.6 Å². The summed E-state index contributed by atoms with van der Waals surface area (Å²) in [5, 5.41) is 3.07. The maximum absolute atomic E-state index is 12.5. The zero-order valence-electron chi connectivity index (χ0n) is 10.8. The molecule has 1 saturated heterocycles. The summed E-state index contributed by atoms with van der Waals surface area (Å²) in [4.78, 5) is 8.11. The summed E-state index contributed by atoms with van der Waals surface area (Å²) in [5.41, 5.74) is 1.34. The van der Waals surface area contributed by atoms with Gasteiger partial charge in [0.2, 0.25) is 0 Å². The molecular weight excluding hydrogens is 252 g/mol. The van der Waals surface area contributed by atoms with Crippen molar-refractivity contribution in [2.24, 2.45) is 0 Å². The minimum atomic E-state index is -3.59. The molecule has 2 heterocycles. The second-order valence-corrected chi connectivity index (χ2v) is 6.39. The number of aromatic nitrogens is 2. The molecule has 0 spiro atoms. The van der Waals surface area contributed by atoms with Crippen molar-refractivity contribution in [3.8, 4) is 0 Å². The van der Waals surface area contributed by atoms with Gasteiger partial charge in [0, 0.05) is 37.1 Å². The fourth-order valence-corrected chi connectivity index (χ4v) is 3.70. The van der Waals surface area contributed by atoms with E-state index in [-0.39, 0.29) is 11.2 Å². The van der Waals surface area contributed by atoms with Gasteiger partial charge in [-0.05, 0) is 26.8 Å². The first kappa shape index (κ1) is 13.4. The molecule has 1 unspecified atom stereocenters. The van der Waals surface area contributed by atoms with Gasteiger partial charge >= 0.3 is 0 Å². The van der Waals surface area contributed by atoms with Crippen LogP contribution in [0.4, 0.5) is 0 Å². The molecule has 100 valence electrons. The zero-order valence-corrected chi connectivity index (χ0v) is 11.7. The van der Waals surface area contributed by atoms with E-state index in [2.05, 4.69) is 15.3 Å². The van der Waals surface area contributed by atoms with Crippen molar-refractivity contribution >= 4 is 10.0 Å². The van der Waals surface area contributed by atoms with E-state index in [1.54, 1.807) is 19.9 Å². The van der Waals surface area contributed by atoms with Crippen molar-refractivity contribution < 1.29 is 8.42 Å². The van der Waals surface area contributed by atoms with E-state index in [1.807, 2.05) is 6.92 Å². The highest BCUT2D eigenvalue weighted by Gasteiger charge is 2.33. The van der Waals surface area contributed by atoms with Gasteiger partial charge in [-0.2, -0.15) is 4.31 Å². The lowest BCUT2D eigenvalue weighted by Gasteiger charge is -2.32. The van der Waals surface area contributed by atoms with E-state index in [0.717, 1.165) is 0 Å². The Morgan fingerprint density at radius 2 is 1.94 bits per heavy atom. The molecule has 1 N–H and O–H groups in total. The Bertz CT molecular complexity index is 524. The van der Waals surface area contributed by atoms with Crippen LogP contribution < -0.4 is 5.32 Å². The van der Waals surface area contributed by atoms with Crippen molar-refractivity contribution in [2.75, 3.05) is 19.6 Å². The van der Waals surface area contributed by atoms with Gasteiger partial charge in [-0.25, -0.2) is 18.4 Å². The number of nitrogens with zero attached hydrogens (tertiary/aromatic N) is 3. The number of aryl methyl sites for hydroxylation is 2. The van der Waals surface area contributed by atoms with Gasteiger partial charge in [0.1, 0.15) is 0 Å². The SMILES string of the molecule is Cc1cc(C)nc(S(=O)(=O)N2CCNCC2C)n1. The Balaban J connectivity index is 2.40. The minimum absolute atomic E-state index is 0.0758. The molecule has 1 aromatic rings. The quantitative estimate of drug-likeness (QED) is 0.770. The number of nitrogens with one attached hydrogen (secondary N) is 1. The standard InChI is InChI=1S/C11H18N4O2S/c1-8-6-9(2)14-11(13-8)18(16,17)15-5-4-12-7-10(15)3/h6,10,12H,4-5,7H2,1-3H3. The van der Waals surface area contributed by atoms with Crippen LogP contribution in [-0.4, -0.2) is 48.4 Å². The molecule has 18 heavy (non-hydrogen) atoms. The summed E-state index contributed by atoms with van der Waals surface area (Å²) in [6.45, 7) is 7.20. The van der Waals surface area contributed by atoms with E-state index in [4.69, 9.17) is 0 Å². The van der Waals surface area contributed by atoms with Crippen molar-refractivity contribution in [3.05, 3.63) is 17.5 Å². The fourth-order valence-electron chi connectivity index (χ4n) is 2.09. The molecule has 0 radical (unpaired) electrons. The Morgan fingerprint density at radius 1 is 1.33 bits per heavy atom. The van der Waals surface area contributed by atoms with Crippen LogP contribution in [0.3, 0.4) is 0 Å². The van der Waals surface area contributed by atoms with Crippen LogP contribution in [0.2, 0.25) is 0 Å². The van der Waals surface area contributed by atoms with Gasteiger partial charge < -0.3 is 5.32 Å². The molecule has 0 amide bonds. The zero-order chi connectivity index (χ0) is 13.3. The number of rotatable bonds is 2. The van der Waals surface area contributed by atoms with E-state index < -0.39 is 10.0 Å². The third kappa shape index (κ3) is 2.52. The first-order chi connectivity index (χ1) is 8.41. The minimum Gasteiger partial charge on any atom is -0.314 e. The molecule has 0 bridgehead atoms. The lowest BCUT2D eigenvalue weighted by molar-refractivity contribution is 0.282. The molecule has 0 aliphatic carbocycles. The maximum atomic E-state index is 12.5. The average Bonchev–Trinajstić information content (AvgIpc) is 2.28. The number of sulfonamides is 1. The second kappa shape index (κ2) is 4.91. The van der Waals surface area contributed by atoms with Gasteiger partial charge in [-0.15, -0.1) is 0 Å². The Kier molecular flexibility index (Phi) is 3.65. The average molecular weight is 270 g/mol. The molecule has 1 aromatic heterocycles. The summed E-state index contributed by atoms with van der Waals surface area (Å²) in [6, 6.07) is 1.69. The largest absolute Gasteiger partial charge is 0.314 e. The Morgan fingerprint density at radius 3 is 2.50 bits per heavy atom. The Labute approximate surface area is 107 Å². The number of hydrogen-bond donors (Lipinski definition) is 1. The van der Waals surface area contributed by atoms with Crippen LogP contribution in [0, 0.1) is 13.8 Å². The van der Waals surface area contributed by atoms with Crippen molar-refractivity contribution in [1.29, 1.82) is 0 Å². The van der Waals surface area contributed by atoms with Gasteiger partial charge in [-0.3, -0.25) is 0 Å². The van der Waals surface area contributed by atoms with E-state index in [1.165, 1.54) is 4.31 Å². The molecule has 6 nitrogen and oxygen atoms in total. The third-order valence-corrected chi connectivity index (χ3v) is 4.75. The normalized spacial score (nSPS) is 22.1. The molecule has 1 fully saturated rings. The smallest absolute Gasteiger partial charge is 0.279 e. The van der Waals surface area contributed by atoms with Crippen LogP contribution in [0.5, 0.6) is 0 Å². The molecule has 2 rings (SSSR count). The molecular formula is C11H18N4O2S. The van der Waals surface area contributed by atoms with Crippen LogP contribution in [0.15, 0.2) is 11.2 Å². The highest BCUT2D eigenvalue weighted by molar-refractivity contribution is 7.89. The fraction of sp³-hybridized carbons (Fsp3) is 0.636. The van der Waals surface area contributed by atoms with Gasteiger partial charge in [-0.1, -0.05) is 0 Å². The van der Waals surface area contributed by atoms with Crippen molar-refractivity contribution in [2.45, 2.75) is 32.0 Å². The molecule has 1 atom stereocenters. The third-order valence-electron chi connectivity index (χ3n) is 2.94. The first-order valence-electron chi connectivity index (χ1n) is 5.96. The maximum Gasteiger partial charge on any atom is 0.279 e. The van der Waals surface area contributed by atoms with Gasteiger partial charge in [0.05, 0.1) is 0 Å². The van der Waals surface area contributed by atoms with Crippen LogP contribution >= 0.6 is 0 Å². The van der Waals surface area contributed by atoms with Gasteiger partial charge in [0.15, 0.2) is 0 Å².